The first-order chi connectivity index (χ1) is 8.09. The lowest BCUT2D eigenvalue weighted by Gasteiger charge is -2.31. The van der Waals surface area contributed by atoms with Gasteiger partial charge in [0.2, 0.25) is 0 Å². The summed E-state index contributed by atoms with van der Waals surface area (Å²) < 4.78 is 0. The van der Waals surface area contributed by atoms with Crippen LogP contribution in [0.1, 0.15) is 28.8 Å². The maximum absolute atomic E-state index is 12.3. The number of carbonyl (C=O) groups excluding carboxylic acids is 1. The zero-order chi connectivity index (χ0) is 12.4. The molecule has 1 atom stereocenters. The smallest absolute Gasteiger partial charge is 0.254 e. The summed E-state index contributed by atoms with van der Waals surface area (Å²) in [5, 5.41) is 9.60. The van der Waals surface area contributed by atoms with Crippen molar-refractivity contribution in [1.82, 2.24) is 4.90 Å². The van der Waals surface area contributed by atoms with Crippen LogP contribution in [0.2, 0.25) is 0 Å². The van der Waals surface area contributed by atoms with Crippen molar-refractivity contribution in [2.45, 2.75) is 25.8 Å². The monoisotopic (exact) mass is 234 g/mol. The molecule has 4 heteroatoms. The number of hydrogen-bond acceptors (Lipinski definition) is 3. The number of phenolic OH excluding ortho intramolecular Hbond substituents is 1. The van der Waals surface area contributed by atoms with Crippen LogP contribution in [0.4, 0.5) is 0 Å². The van der Waals surface area contributed by atoms with Gasteiger partial charge in [-0.05, 0) is 31.9 Å². The summed E-state index contributed by atoms with van der Waals surface area (Å²) in [6.45, 7) is 3.11. The molecule has 1 heterocycles. The van der Waals surface area contributed by atoms with E-state index in [0.29, 0.717) is 17.7 Å². The standard InChI is InChI=1S/C13H18N2O2/c1-9-11(5-2-6-12(9)16)13(17)15-7-3-4-10(14)8-15/h2,5-6,10,16H,3-4,7-8,14H2,1H3/t10-/m1/s1. The number of nitrogens with two attached hydrogens (primary N) is 1. The van der Waals surface area contributed by atoms with Crippen molar-refractivity contribution in [1.29, 1.82) is 0 Å². The summed E-state index contributed by atoms with van der Waals surface area (Å²) in [4.78, 5) is 14.1. The van der Waals surface area contributed by atoms with E-state index >= 15 is 0 Å². The van der Waals surface area contributed by atoms with Crippen LogP contribution in [0.5, 0.6) is 5.75 Å². The van der Waals surface area contributed by atoms with Gasteiger partial charge in [-0.25, -0.2) is 0 Å². The van der Waals surface area contributed by atoms with Gasteiger partial charge in [-0.1, -0.05) is 6.07 Å². The minimum absolute atomic E-state index is 0.0337. The Kier molecular flexibility index (Phi) is 3.33. The van der Waals surface area contributed by atoms with Crippen molar-refractivity contribution in [2.75, 3.05) is 13.1 Å². The Morgan fingerprint density at radius 1 is 1.53 bits per heavy atom. The fourth-order valence-corrected chi connectivity index (χ4v) is 2.22. The molecule has 1 aromatic carbocycles. The molecule has 0 bridgehead atoms. The summed E-state index contributed by atoms with van der Waals surface area (Å²) in [7, 11) is 0. The molecule has 2 rings (SSSR count). The molecule has 1 aliphatic heterocycles. The van der Waals surface area contributed by atoms with Gasteiger partial charge in [0.1, 0.15) is 5.75 Å². The number of phenols is 1. The molecule has 17 heavy (non-hydrogen) atoms. The lowest BCUT2D eigenvalue weighted by atomic mass is 10.0. The summed E-state index contributed by atoms with van der Waals surface area (Å²) in [5.41, 5.74) is 7.07. The molecular weight excluding hydrogens is 216 g/mol. The van der Waals surface area contributed by atoms with E-state index in [9.17, 15) is 9.90 Å². The number of likely N-dealkylation sites (tertiary alicyclic amines) is 1. The van der Waals surface area contributed by atoms with E-state index in [1.165, 1.54) is 0 Å². The van der Waals surface area contributed by atoms with Gasteiger partial charge in [0, 0.05) is 30.3 Å². The SMILES string of the molecule is Cc1c(O)cccc1C(=O)N1CCC[C@@H](N)C1. The lowest BCUT2D eigenvalue weighted by Crippen LogP contribution is -2.45. The molecule has 92 valence electrons. The van der Waals surface area contributed by atoms with Gasteiger partial charge < -0.3 is 15.7 Å². The van der Waals surface area contributed by atoms with Crippen LogP contribution in [0.15, 0.2) is 18.2 Å². The number of piperidine rings is 1. The highest BCUT2D eigenvalue weighted by Gasteiger charge is 2.23. The Labute approximate surface area is 101 Å². The second-order valence-electron chi connectivity index (χ2n) is 4.60. The fourth-order valence-electron chi connectivity index (χ4n) is 2.22. The lowest BCUT2D eigenvalue weighted by molar-refractivity contribution is 0.0707. The number of hydrogen-bond donors (Lipinski definition) is 2. The van der Waals surface area contributed by atoms with E-state index in [2.05, 4.69) is 0 Å². The topological polar surface area (TPSA) is 66.6 Å². The first-order valence-electron chi connectivity index (χ1n) is 5.93. The summed E-state index contributed by atoms with van der Waals surface area (Å²) in [5.74, 6) is 0.130. The second kappa shape index (κ2) is 4.75. The van der Waals surface area contributed by atoms with Gasteiger partial charge in [0.15, 0.2) is 0 Å². The normalized spacial score (nSPS) is 20.4. The summed E-state index contributed by atoms with van der Waals surface area (Å²) in [6.07, 6.45) is 1.92. The Bertz CT molecular complexity index is 431. The molecule has 1 amide bonds. The van der Waals surface area contributed by atoms with Gasteiger partial charge >= 0.3 is 0 Å². The molecule has 1 fully saturated rings. The average Bonchev–Trinajstić information content (AvgIpc) is 2.32. The first kappa shape index (κ1) is 11.9. The van der Waals surface area contributed by atoms with Crippen LogP contribution in [0.25, 0.3) is 0 Å². The third kappa shape index (κ3) is 2.42. The van der Waals surface area contributed by atoms with Gasteiger partial charge in [-0.15, -0.1) is 0 Å². The number of benzene rings is 1. The third-order valence-corrected chi connectivity index (χ3v) is 3.28. The maximum atomic E-state index is 12.3. The second-order valence-corrected chi connectivity index (χ2v) is 4.60. The predicted molar refractivity (Wildman–Crippen MR) is 66.0 cm³/mol. The van der Waals surface area contributed by atoms with Crippen LogP contribution in [0, 0.1) is 6.92 Å². The number of nitrogens with zero attached hydrogens (tertiary/aromatic N) is 1. The van der Waals surface area contributed by atoms with Crippen molar-refractivity contribution < 1.29 is 9.90 Å². The van der Waals surface area contributed by atoms with Gasteiger partial charge in [0.05, 0.1) is 0 Å². The van der Waals surface area contributed by atoms with Crippen molar-refractivity contribution in [3.63, 3.8) is 0 Å². The Balaban J connectivity index is 2.22. The third-order valence-electron chi connectivity index (χ3n) is 3.28. The number of carbonyl (C=O) groups is 1. The zero-order valence-corrected chi connectivity index (χ0v) is 10.0. The van der Waals surface area contributed by atoms with E-state index in [0.717, 1.165) is 19.4 Å². The van der Waals surface area contributed by atoms with Gasteiger partial charge in [-0.2, -0.15) is 0 Å². The van der Waals surface area contributed by atoms with E-state index in [1.54, 1.807) is 30.0 Å². The molecule has 0 radical (unpaired) electrons. The molecule has 1 aliphatic rings. The molecular formula is C13H18N2O2. The van der Waals surface area contributed by atoms with Gasteiger partial charge in [0.25, 0.3) is 5.91 Å². The van der Waals surface area contributed by atoms with Crippen molar-refractivity contribution in [3.05, 3.63) is 29.3 Å². The fraction of sp³-hybridized carbons (Fsp3) is 0.462. The summed E-state index contributed by atoms with van der Waals surface area (Å²) >= 11 is 0. The molecule has 1 aromatic rings. The van der Waals surface area contributed by atoms with Crippen LogP contribution in [-0.4, -0.2) is 35.0 Å². The van der Waals surface area contributed by atoms with Crippen molar-refractivity contribution in [3.8, 4) is 5.75 Å². The van der Waals surface area contributed by atoms with E-state index in [-0.39, 0.29) is 17.7 Å². The van der Waals surface area contributed by atoms with Crippen LogP contribution in [0.3, 0.4) is 0 Å². The molecule has 4 nitrogen and oxygen atoms in total. The van der Waals surface area contributed by atoms with E-state index < -0.39 is 0 Å². The number of amides is 1. The molecule has 0 spiro atoms. The molecule has 0 saturated carbocycles. The quantitative estimate of drug-likeness (QED) is 0.769. The van der Waals surface area contributed by atoms with Gasteiger partial charge in [-0.3, -0.25) is 4.79 Å². The molecule has 0 unspecified atom stereocenters. The number of rotatable bonds is 1. The summed E-state index contributed by atoms with van der Waals surface area (Å²) in [6, 6.07) is 5.11. The van der Waals surface area contributed by atoms with Crippen LogP contribution >= 0.6 is 0 Å². The van der Waals surface area contributed by atoms with Crippen LogP contribution < -0.4 is 5.73 Å². The maximum Gasteiger partial charge on any atom is 0.254 e. The van der Waals surface area contributed by atoms with E-state index in [1.807, 2.05) is 0 Å². The Morgan fingerprint density at radius 2 is 2.29 bits per heavy atom. The highest BCUT2D eigenvalue weighted by atomic mass is 16.3. The molecule has 0 aromatic heterocycles. The first-order valence-corrected chi connectivity index (χ1v) is 5.93. The van der Waals surface area contributed by atoms with Crippen molar-refractivity contribution >= 4 is 5.91 Å². The number of aromatic hydroxyl groups is 1. The minimum Gasteiger partial charge on any atom is -0.508 e. The molecule has 3 N–H and O–H groups in total. The zero-order valence-electron chi connectivity index (χ0n) is 10.0. The molecule has 0 aliphatic carbocycles. The largest absolute Gasteiger partial charge is 0.508 e. The predicted octanol–water partition coefficient (Wildman–Crippen LogP) is 1.26. The Morgan fingerprint density at radius 3 is 3.00 bits per heavy atom. The van der Waals surface area contributed by atoms with Crippen LogP contribution in [-0.2, 0) is 0 Å². The molecule has 1 saturated heterocycles. The highest BCUT2D eigenvalue weighted by molar-refractivity contribution is 5.96. The minimum atomic E-state index is -0.0337. The Hall–Kier alpha value is -1.55. The van der Waals surface area contributed by atoms with Crippen molar-refractivity contribution in [2.24, 2.45) is 5.73 Å². The average molecular weight is 234 g/mol. The highest BCUT2D eigenvalue weighted by Crippen LogP contribution is 2.22. The van der Waals surface area contributed by atoms with E-state index in [4.69, 9.17) is 5.73 Å².